The molecular formula is C21H25NO4. The normalized spacial score (nSPS) is 14.5. The maximum Gasteiger partial charge on any atom is 0.252 e. The highest BCUT2D eigenvalue weighted by Crippen LogP contribution is 2.42. The van der Waals surface area contributed by atoms with Crippen molar-refractivity contribution in [3.63, 3.8) is 0 Å². The molecule has 26 heavy (non-hydrogen) atoms. The minimum atomic E-state index is -0.151. The Kier molecular flexibility index (Phi) is 5.35. The van der Waals surface area contributed by atoms with Crippen LogP contribution in [0.3, 0.4) is 0 Å². The summed E-state index contributed by atoms with van der Waals surface area (Å²) in [7, 11) is 4.62. The van der Waals surface area contributed by atoms with Gasteiger partial charge in [0.25, 0.3) is 5.91 Å². The average molecular weight is 355 g/mol. The summed E-state index contributed by atoms with van der Waals surface area (Å²) in [5, 5.41) is 3.18. The maximum absolute atomic E-state index is 12.9. The van der Waals surface area contributed by atoms with Crippen molar-refractivity contribution in [3.8, 4) is 17.2 Å². The van der Waals surface area contributed by atoms with E-state index in [0.29, 0.717) is 28.7 Å². The molecule has 5 heteroatoms. The molecule has 0 aliphatic heterocycles. The van der Waals surface area contributed by atoms with Gasteiger partial charge in [0.15, 0.2) is 11.5 Å². The van der Waals surface area contributed by atoms with Gasteiger partial charge in [-0.3, -0.25) is 4.79 Å². The Bertz CT molecular complexity index is 756. The molecule has 1 saturated carbocycles. The molecule has 5 nitrogen and oxygen atoms in total. The number of rotatable bonds is 7. The largest absolute Gasteiger partial charge is 0.493 e. The quantitative estimate of drug-likeness (QED) is 0.818. The first kappa shape index (κ1) is 18.1. The molecule has 2 aromatic rings. The lowest BCUT2D eigenvalue weighted by molar-refractivity contribution is 0.0931. The highest BCUT2D eigenvalue weighted by molar-refractivity contribution is 5.96. The lowest BCUT2D eigenvalue weighted by Crippen LogP contribution is -2.30. The number of benzene rings is 2. The van der Waals surface area contributed by atoms with E-state index in [9.17, 15) is 4.79 Å². The summed E-state index contributed by atoms with van der Waals surface area (Å²) in [4.78, 5) is 12.9. The van der Waals surface area contributed by atoms with E-state index in [4.69, 9.17) is 14.2 Å². The zero-order valence-electron chi connectivity index (χ0n) is 15.7. The molecule has 1 aliphatic rings. The van der Waals surface area contributed by atoms with Gasteiger partial charge in [-0.05, 0) is 43.4 Å². The Hall–Kier alpha value is -2.69. The third-order valence-electron chi connectivity index (χ3n) is 4.74. The molecule has 0 saturated heterocycles. The van der Waals surface area contributed by atoms with Crippen molar-refractivity contribution in [3.05, 3.63) is 53.1 Å². The molecule has 2 aromatic carbocycles. The summed E-state index contributed by atoms with van der Waals surface area (Å²) in [6.07, 6.45) is 2.27. The smallest absolute Gasteiger partial charge is 0.252 e. The summed E-state index contributed by atoms with van der Waals surface area (Å²) < 4.78 is 16.0. The average Bonchev–Trinajstić information content (AvgIpc) is 3.50. The molecule has 1 N–H and O–H groups in total. The third-order valence-corrected chi connectivity index (χ3v) is 4.74. The number of hydrogen-bond acceptors (Lipinski definition) is 4. The van der Waals surface area contributed by atoms with E-state index >= 15 is 0 Å². The van der Waals surface area contributed by atoms with Gasteiger partial charge in [-0.25, -0.2) is 0 Å². The summed E-state index contributed by atoms with van der Waals surface area (Å²) in [6.45, 7) is 2.06. The molecule has 138 valence electrons. The molecule has 0 radical (unpaired) electrons. The number of carbonyl (C=O) groups is 1. The molecule has 0 unspecified atom stereocenters. The Morgan fingerprint density at radius 3 is 2.04 bits per heavy atom. The molecule has 1 amide bonds. The predicted molar refractivity (Wildman–Crippen MR) is 100 cm³/mol. The van der Waals surface area contributed by atoms with Gasteiger partial charge in [-0.1, -0.05) is 29.8 Å². The highest BCUT2D eigenvalue weighted by atomic mass is 16.5. The van der Waals surface area contributed by atoms with Crippen LogP contribution in [0.2, 0.25) is 0 Å². The Balaban J connectivity index is 1.87. The first-order chi connectivity index (χ1) is 12.6. The van der Waals surface area contributed by atoms with Gasteiger partial charge in [0.05, 0.1) is 27.4 Å². The molecule has 0 aromatic heterocycles. The lowest BCUT2D eigenvalue weighted by atomic mass is 10.0. The standard InChI is InChI=1S/C21H25NO4/c1-13-5-7-14(8-6-13)19(15-9-10-15)22-21(23)16-11-17(24-2)20(26-4)18(12-16)25-3/h5-8,11-12,15,19H,9-10H2,1-4H3,(H,22,23)/t19-/m0/s1. The molecule has 1 aliphatic carbocycles. The van der Waals surface area contributed by atoms with Gasteiger partial charge in [0.1, 0.15) is 0 Å². The first-order valence-corrected chi connectivity index (χ1v) is 8.74. The van der Waals surface area contributed by atoms with Crippen molar-refractivity contribution < 1.29 is 19.0 Å². The summed E-state index contributed by atoms with van der Waals surface area (Å²) in [6, 6.07) is 11.7. The minimum Gasteiger partial charge on any atom is -0.493 e. The van der Waals surface area contributed by atoms with E-state index in [2.05, 4.69) is 36.5 Å². The van der Waals surface area contributed by atoms with Crippen molar-refractivity contribution in [2.45, 2.75) is 25.8 Å². The molecule has 3 rings (SSSR count). The molecular weight excluding hydrogens is 330 g/mol. The van der Waals surface area contributed by atoms with Gasteiger partial charge in [-0.2, -0.15) is 0 Å². The monoisotopic (exact) mass is 355 g/mol. The SMILES string of the molecule is COc1cc(C(=O)N[C@@H](c2ccc(C)cc2)C2CC2)cc(OC)c1OC. The van der Waals surface area contributed by atoms with Crippen LogP contribution in [-0.2, 0) is 0 Å². The minimum absolute atomic E-state index is 0.0159. The number of hydrogen-bond donors (Lipinski definition) is 1. The van der Waals surface area contributed by atoms with Crippen LogP contribution in [0.5, 0.6) is 17.2 Å². The number of aryl methyl sites for hydroxylation is 1. The fraction of sp³-hybridized carbons (Fsp3) is 0.381. The van der Waals surface area contributed by atoms with E-state index < -0.39 is 0 Å². The van der Waals surface area contributed by atoms with Crippen LogP contribution in [0.1, 0.15) is 40.4 Å². The van der Waals surface area contributed by atoms with Crippen molar-refractivity contribution in [1.29, 1.82) is 0 Å². The number of methoxy groups -OCH3 is 3. The predicted octanol–water partition coefficient (Wildman–Crippen LogP) is 3.90. The van der Waals surface area contributed by atoms with E-state index in [1.54, 1.807) is 19.2 Å². The van der Waals surface area contributed by atoms with Crippen molar-refractivity contribution in [2.75, 3.05) is 21.3 Å². The van der Waals surface area contributed by atoms with Crippen LogP contribution in [-0.4, -0.2) is 27.2 Å². The second-order valence-electron chi connectivity index (χ2n) is 6.61. The summed E-state index contributed by atoms with van der Waals surface area (Å²) >= 11 is 0. The van der Waals surface area contributed by atoms with Crippen LogP contribution >= 0.6 is 0 Å². The summed E-state index contributed by atoms with van der Waals surface area (Å²) in [5.41, 5.74) is 2.83. The van der Waals surface area contributed by atoms with Gasteiger partial charge in [0, 0.05) is 5.56 Å². The molecule has 0 heterocycles. The maximum atomic E-state index is 12.9. The van der Waals surface area contributed by atoms with Crippen molar-refractivity contribution >= 4 is 5.91 Å². The van der Waals surface area contributed by atoms with E-state index in [1.165, 1.54) is 19.8 Å². The molecule has 0 bridgehead atoms. The van der Waals surface area contributed by atoms with Crippen LogP contribution in [0.15, 0.2) is 36.4 Å². The third kappa shape index (κ3) is 3.77. The van der Waals surface area contributed by atoms with Gasteiger partial charge < -0.3 is 19.5 Å². The molecule has 1 atom stereocenters. The number of ether oxygens (including phenoxy) is 3. The number of nitrogens with one attached hydrogen (secondary N) is 1. The van der Waals surface area contributed by atoms with Crippen LogP contribution < -0.4 is 19.5 Å². The zero-order valence-corrected chi connectivity index (χ0v) is 15.7. The topological polar surface area (TPSA) is 56.8 Å². The fourth-order valence-corrected chi connectivity index (χ4v) is 3.11. The Morgan fingerprint density at radius 1 is 1.00 bits per heavy atom. The van der Waals surface area contributed by atoms with Crippen LogP contribution in [0, 0.1) is 12.8 Å². The van der Waals surface area contributed by atoms with Crippen LogP contribution in [0.4, 0.5) is 0 Å². The van der Waals surface area contributed by atoms with Gasteiger partial charge in [-0.15, -0.1) is 0 Å². The van der Waals surface area contributed by atoms with Crippen molar-refractivity contribution in [1.82, 2.24) is 5.32 Å². The van der Waals surface area contributed by atoms with Gasteiger partial charge in [0.2, 0.25) is 5.75 Å². The highest BCUT2D eigenvalue weighted by Gasteiger charge is 2.33. The van der Waals surface area contributed by atoms with E-state index in [-0.39, 0.29) is 11.9 Å². The Morgan fingerprint density at radius 2 is 1.58 bits per heavy atom. The fourth-order valence-electron chi connectivity index (χ4n) is 3.11. The van der Waals surface area contributed by atoms with Crippen molar-refractivity contribution in [2.24, 2.45) is 5.92 Å². The summed E-state index contributed by atoms with van der Waals surface area (Å²) in [5.74, 6) is 1.75. The molecule has 1 fully saturated rings. The number of carbonyl (C=O) groups excluding carboxylic acids is 1. The van der Waals surface area contributed by atoms with E-state index in [0.717, 1.165) is 18.4 Å². The zero-order chi connectivity index (χ0) is 18.7. The molecule has 0 spiro atoms. The first-order valence-electron chi connectivity index (χ1n) is 8.74. The van der Waals surface area contributed by atoms with E-state index in [1.807, 2.05) is 0 Å². The lowest BCUT2D eigenvalue weighted by Gasteiger charge is -2.20. The van der Waals surface area contributed by atoms with Crippen LogP contribution in [0.25, 0.3) is 0 Å². The second-order valence-corrected chi connectivity index (χ2v) is 6.61. The Labute approximate surface area is 154 Å². The number of amides is 1. The van der Waals surface area contributed by atoms with Gasteiger partial charge >= 0.3 is 0 Å². The second kappa shape index (κ2) is 7.68.